The van der Waals surface area contributed by atoms with Crippen molar-refractivity contribution < 1.29 is 23.2 Å². The molecule has 0 aliphatic rings. The molecule has 3 aromatic carbocycles. The summed E-state index contributed by atoms with van der Waals surface area (Å²) in [6, 6.07) is 22.5. The Bertz CT molecular complexity index is 1280. The number of aliphatic hydroxyl groups is 1. The molecule has 0 radical (unpaired) electrons. The van der Waals surface area contributed by atoms with E-state index in [1.807, 2.05) is 75.4 Å². The van der Waals surface area contributed by atoms with E-state index >= 15 is 0 Å². The number of rotatable bonds is 15. The molecule has 0 aromatic heterocycles. The first kappa shape index (κ1) is 30.3. The van der Waals surface area contributed by atoms with E-state index in [0.717, 1.165) is 29.7 Å². The van der Waals surface area contributed by atoms with Crippen LogP contribution in [0.15, 0.2) is 83.8 Å². The molecule has 3 aromatic rings. The molecule has 210 valence electrons. The lowest BCUT2D eigenvalue weighted by Gasteiger charge is -2.30. The summed E-state index contributed by atoms with van der Waals surface area (Å²) in [5, 5.41) is 22.1. The van der Waals surface area contributed by atoms with Crippen molar-refractivity contribution in [3.63, 3.8) is 0 Å². The summed E-state index contributed by atoms with van der Waals surface area (Å²) in [5.41, 5.74) is 1.92. The van der Waals surface area contributed by atoms with Crippen molar-refractivity contribution in [1.29, 1.82) is 0 Å². The lowest BCUT2D eigenvalue weighted by molar-refractivity contribution is -0.384. The zero-order chi connectivity index (χ0) is 28.4. The van der Waals surface area contributed by atoms with Crippen LogP contribution in [-0.4, -0.2) is 41.9 Å². The third kappa shape index (κ3) is 8.61. The summed E-state index contributed by atoms with van der Waals surface area (Å²) in [4.78, 5) is 10.4. The number of ether oxygens (including phenoxy) is 1. The van der Waals surface area contributed by atoms with Gasteiger partial charge in [0, 0.05) is 25.2 Å². The van der Waals surface area contributed by atoms with Crippen LogP contribution in [0, 0.1) is 22.0 Å². The van der Waals surface area contributed by atoms with Gasteiger partial charge in [0.05, 0.1) is 15.9 Å². The molecule has 0 unspecified atom stereocenters. The van der Waals surface area contributed by atoms with Gasteiger partial charge in [-0.05, 0) is 53.6 Å². The molecule has 0 aliphatic carbocycles. The lowest BCUT2D eigenvalue weighted by atomic mass is 9.95. The second-order valence-electron chi connectivity index (χ2n) is 9.92. The predicted octanol–water partition coefficient (Wildman–Crippen LogP) is 5.84. The van der Waals surface area contributed by atoms with Gasteiger partial charge in [-0.3, -0.25) is 10.1 Å². The maximum atomic E-state index is 13.5. The highest BCUT2D eigenvalue weighted by Crippen LogP contribution is 2.24. The van der Waals surface area contributed by atoms with Gasteiger partial charge in [0.1, 0.15) is 12.4 Å². The van der Waals surface area contributed by atoms with Gasteiger partial charge >= 0.3 is 0 Å². The van der Waals surface area contributed by atoms with E-state index in [9.17, 15) is 23.6 Å². The third-order valence-corrected chi connectivity index (χ3v) is 8.92. The van der Waals surface area contributed by atoms with Crippen molar-refractivity contribution in [1.82, 2.24) is 4.31 Å². The highest BCUT2D eigenvalue weighted by atomic mass is 32.2. The van der Waals surface area contributed by atoms with Crippen molar-refractivity contribution in [3.05, 3.63) is 100 Å². The first-order chi connectivity index (χ1) is 18.6. The maximum absolute atomic E-state index is 13.5. The van der Waals surface area contributed by atoms with Gasteiger partial charge in [-0.25, -0.2) is 8.42 Å². The van der Waals surface area contributed by atoms with E-state index in [0.29, 0.717) is 13.0 Å². The average molecular weight is 555 g/mol. The highest BCUT2D eigenvalue weighted by molar-refractivity contribution is 7.89. The number of benzene rings is 3. The molecule has 0 fully saturated rings. The quantitative estimate of drug-likeness (QED) is 0.187. The van der Waals surface area contributed by atoms with Gasteiger partial charge in [-0.1, -0.05) is 76.1 Å². The fourth-order valence-electron chi connectivity index (χ4n) is 4.35. The molecule has 39 heavy (non-hydrogen) atoms. The molecular formula is C30H38N2O6S. The monoisotopic (exact) mass is 554 g/mol. The van der Waals surface area contributed by atoms with Gasteiger partial charge in [-0.15, -0.1) is 0 Å². The van der Waals surface area contributed by atoms with Gasteiger partial charge in [0.15, 0.2) is 0 Å². The Kier molecular flexibility index (Phi) is 11.0. The maximum Gasteiger partial charge on any atom is 0.269 e. The minimum Gasteiger partial charge on any atom is -0.489 e. The Balaban J connectivity index is 1.67. The Hall–Kier alpha value is -3.27. The van der Waals surface area contributed by atoms with Crippen LogP contribution in [0.4, 0.5) is 5.69 Å². The zero-order valence-electron chi connectivity index (χ0n) is 22.8. The first-order valence-electron chi connectivity index (χ1n) is 13.3. The van der Waals surface area contributed by atoms with Crippen LogP contribution < -0.4 is 4.74 Å². The molecule has 0 saturated heterocycles. The molecule has 9 heteroatoms. The van der Waals surface area contributed by atoms with Crippen LogP contribution in [0.3, 0.4) is 0 Å². The second-order valence-corrected chi connectivity index (χ2v) is 11.9. The summed E-state index contributed by atoms with van der Waals surface area (Å²) >= 11 is 0. The Morgan fingerprint density at radius 3 is 2.08 bits per heavy atom. The number of hydrogen-bond donors (Lipinski definition) is 1. The van der Waals surface area contributed by atoms with Crippen LogP contribution in [0.5, 0.6) is 5.75 Å². The van der Waals surface area contributed by atoms with Gasteiger partial charge < -0.3 is 9.84 Å². The number of nitrogens with zero attached hydrogens (tertiary/aromatic N) is 2. The smallest absolute Gasteiger partial charge is 0.269 e. The van der Waals surface area contributed by atoms with E-state index in [4.69, 9.17) is 4.74 Å². The van der Waals surface area contributed by atoms with Crippen LogP contribution in [-0.2, 0) is 23.1 Å². The van der Waals surface area contributed by atoms with Crippen molar-refractivity contribution in [3.8, 4) is 5.75 Å². The Labute approximate surface area is 231 Å². The molecule has 0 spiro atoms. The van der Waals surface area contributed by atoms with Crippen LogP contribution in [0.25, 0.3) is 0 Å². The van der Waals surface area contributed by atoms with Gasteiger partial charge in [0.25, 0.3) is 5.69 Å². The van der Waals surface area contributed by atoms with Crippen molar-refractivity contribution in [2.75, 3.05) is 13.1 Å². The lowest BCUT2D eigenvalue weighted by Crippen LogP contribution is -2.42. The molecule has 1 N–H and O–H groups in total. The van der Waals surface area contributed by atoms with E-state index in [-0.39, 0.29) is 35.5 Å². The van der Waals surface area contributed by atoms with Gasteiger partial charge in [0.2, 0.25) is 10.0 Å². The van der Waals surface area contributed by atoms with E-state index in [2.05, 4.69) is 0 Å². The van der Waals surface area contributed by atoms with Crippen molar-refractivity contribution >= 4 is 15.7 Å². The second kappa shape index (κ2) is 14.2. The number of nitro benzene ring substituents is 1. The van der Waals surface area contributed by atoms with Crippen molar-refractivity contribution in [2.24, 2.45) is 11.8 Å². The minimum absolute atomic E-state index is 0.0231. The van der Waals surface area contributed by atoms with Crippen LogP contribution >= 0.6 is 0 Å². The predicted molar refractivity (Wildman–Crippen MR) is 152 cm³/mol. The fraction of sp³-hybridized carbons (Fsp3) is 0.400. The molecule has 0 amide bonds. The molecule has 3 rings (SSSR count). The standard InChI is InChI=1S/C30H38N2O6S/c1-4-24(5-2)20-31(39(36,37)29-17-13-27(14-18-29)32(34)35)21-30(33)23(3)19-25-11-15-28(16-12-25)38-22-26-9-7-6-8-10-26/h6-18,23-24,30,33H,4-5,19-22H2,1-3H3/t23-,30+/m0/s1. The summed E-state index contributed by atoms with van der Waals surface area (Å²) < 4.78 is 34.2. The molecule has 0 bridgehead atoms. The topological polar surface area (TPSA) is 110 Å². The average Bonchev–Trinajstić information content (AvgIpc) is 2.95. The molecular weight excluding hydrogens is 516 g/mol. The molecule has 2 atom stereocenters. The SMILES string of the molecule is CCC(CC)CN(C[C@@H](O)[C@@H](C)Cc1ccc(OCc2ccccc2)cc1)S(=O)(=O)c1ccc([N+](=O)[O-])cc1. The summed E-state index contributed by atoms with van der Waals surface area (Å²) in [6.07, 6.45) is 1.26. The molecule has 0 saturated carbocycles. The summed E-state index contributed by atoms with van der Waals surface area (Å²) in [7, 11) is -3.96. The van der Waals surface area contributed by atoms with Crippen LogP contribution in [0.1, 0.15) is 44.7 Å². The summed E-state index contributed by atoms with van der Waals surface area (Å²) in [6.45, 7) is 6.61. The van der Waals surface area contributed by atoms with E-state index in [1.165, 1.54) is 28.6 Å². The zero-order valence-corrected chi connectivity index (χ0v) is 23.6. The molecule has 8 nitrogen and oxygen atoms in total. The number of non-ortho nitro benzene ring substituents is 1. The Morgan fingerprint density at radius 1 is 0.897 bits per heavy atom. The fourth-order valence-corrected chi connectivity index (χ4v) is 5.89. The van der Waals surface area contributed by atoms with Crippen molar-refractivity contribution in [2.45, 2.75) is 57.6 Å². The largest absolute Gasteiger partial charge is 0.489 e. The Morgan fingerprint density at radius 2 is 1.51 bits per heavy atom. The first-order valence-corrected chi connectivity index (χ1v) is 14.8. The normalized spacial score (nSPS) is 13.4. The molecule has 0 aliphatic heterocycles. The van der Waals surface area contributed by atoms with Gasteiger partial charge in [-0.2, -0.15) is 4.31 Å². The van der Waals surface area contributed by atoms with E-state index in [1.54, 1.807) is 0 Å². The highest BCUT2D eigenvalue weighted by Gasteiger charge is 2.30. The number of hydrogen-bond acceptors (Lipinski definition) is 6. The number of aliphatic hydroxyl groups excluding tert-OH is 1. The minimum atomic E-state index is -3.96. The molecule has 0 heterocycles. The number of sulfonamides is 1. The van der Waals surface area contributed by atoms with E-state index < -0.39 is 21.1 Å². The van der Waals surface area contributed by atoms with Crippen LogP contribution in [0.2, 0.25) is 0 Å². The third-order valence-electron chi connectivity index (χ3n) is 7.08. The number of nitro groups is 1. The summed E-state index contributed by atoms with van der Waals surface area (Å²) in [5.74, 6) is 0.669.